The normalized spacial score (nSPS) is 11.5. The van der Waals surface area contributed by atoms with E-state index in [-0.39, 0.29) is 0 Å². The molecule has 17 heavy (non-hydrogen) atoms. The predicted molar refractivity (Wildman–Crippen MR) is 71.2 cm³/mol. The number of likely N-dealkylation sites (N-methyl/N-ethyl adjacent to an activating group) is 1. The Kier molecular flexibility index (Phi) is 4.12. The van der Waals surface area contributed by atoms with Crippen molar-refractivity contribution in [2.45, 2.75) is 6.54 Å². The number of nitrogens with zero attached hydrogens (tertiary/aromatic N) is 3. The van der Waals surface area contributed by atoms with E-state index >= 15 is 0 Å². The molecule has 0 aliphatic rings. The molecule has 1 heterocycles. The van der Waals surface area contributed by atoms with E-state index in [0.29, 0.717) is 0 Å². The Morgan fingerprint density at radius 1 is 1.24 bits per heavy atom. The van der Waals surface area contributed by atoms with E-state index in [9.17, 15) is 0 Å². The van der Waals surface area contributed by atoms with Gasteiger partial charge in [0.2, 0.25) is 0 Å². The maximum atomic E-state index is 4.37. The summed E-state index contributed by atoms with van der Waals surface area (Å²) < 4.78 is 2.19. The van der Waals surface area contributed by atoms with Crippen LogP contribution in [0.3, 0.4) is 0 Å². The van der Waals surface area contributed by atoms with Crippen molar-refractivity contribution < 1.29 is 0 Å². The van der Waals surface area contributed by atoms with Gasteiger partial charge < -0.3 is 14.8 Å². The Morgan fingerprint density at radius 2 is 2.06 bits per heavy atom. The van der Waals surface area contributed by atoms with Gasteiger partial charge in [-0.1, -0.05) is 12.1 Å². The van der Waals surface area contributed by atoms with Crippen molar-refractivity contribution in [3.05, 3.63) is 30.6 Å². The Labute approximate surface area is 102 Å². The first-order chi connectivity index (χ1) is 8.27. The highest BCUT2D eigenvalue weighted by Crippen LogP contribution is 2.10. The highest BCUT2D eigenvalue weighted by molar-refractivity contribution is 5.74. The van der Waals surface area contributed by atoms with E-state index in [4.69, 9.17) is 0 Å². The number of imidazole rings is 1. The third-order valence-electron chi connectivity index (χ3n) is 2.79. The van der Waals surface area contributed by atoms with E-state index in [1.165, 1.54) is 5.52 Å². The van der Waals surface area contributed by atoms with Crippen LogP contribution in [0.25, 0.3) is 11.0 Å². The second-order valence-electron chi connectivity index (χ2n) is 4.48. The maximum absolute atomic E-state index is 4.37. The summed E-state index contributed by atoms with van der Waals surface area (Å²) in [4.78, 5) is 6.55. The predicted octanol–water partition coefficient (Wildman–Crippen LogP) is 1.19. The van der Waals surface area contributed by atoms with E-state index in [1.54, 1.807) is 0 Å². The van der Waals surface area contributed by atoms with Crippen LogP contribution in [-0.4, -0.2) is 48.2 Å². The van der Waals surface area contributed by atoms with Crippen LogP contribution in [0.2, 0.25) is 0 Å². The zero-order chi connectivity index (χ0) is 12.1. The number of aromatic nitrogens is 2. The van der Waals surface area contributed by atoms with Gasteiger partial charge in [0.05, 0.1) is 17.4 Å². The fraction of sp³-hybridized carbons (Fsp3) is 0.462. The molecule has 0 saturated heterocycles. The van der Waals surface area contributed by atoms with Crippen LogP contribution in [0.1, 0.15) is 0 Å². The molecule has 0 saturated carbocycles. The molecule has 0 fully saturated rings. The van der Waals surface area contributed by atoms with Crippen LogP contribution in [0.5, 0.6) is 0 Å². The molecular weight excluding hydrogens is 212 g/mol. The molecule has 0 atom stereocenters. The van der Waals surface area contributed by atoms with Gasteiger partial charge in [0.1, 0.15) is 0 Å². The van der Waals surface area contributed by atoms with Gasteiger partial charge >= 0.3 is 0 Å². The van der Waals surface area contributed by atoms with Crippen molar-refractivity contribution in [1.29, 1.82) is 0 Å². The largest absolute Gasteiger partial charge is 0.329 e. The van der Waals surface area contributed by atoms with Crippen LogP contribution in [0, 0.1) is 0 Å². The number of para-hydroxylation sites is 2. The summed E-state index contributed by atoms with van der Waals surface area (Å²) in [5, 5.41) is 3.43. The number of nitrogens with one attached hydrogen (secondary N) is 1. The fourth-order valence-electron chi connectivity index (χ4n) is 1.82. The van der Waals surface area contributed by atoms with Gasteiger partial charge in [-0.3, -0.25) is 0 Å². The lowest BCUT2D eigenvalue weighted by molar-refractivity contribution is 0.398. The second-order valence-corrected chi connectivity index (χ2v) is 4.48. The van der Waals surface area contributed by atoms with E-state index in [2.05, 4.69) is 46.0 Å². The monoisotopic (exact) mass is 232 g/mol. The number of fused-ring (bicyclic) bond motifs is 1. The number of hydrogen-bond acceptors (Lipinski definition) is 3. The number of benzene rings is 1. The number of rotatable bonds is 6. The molecule has 2 rings (SSSR count). The molecule has 0 spiro atoms. The second kappa shape index (κ2) is 5.80. The highest BCUT2D eigenvalue weighted by Gasteiger charge is 2.00. The Balaban J connectivity index is 1.83. The highest BCUT2D eigenvalue weighted by atomic mass is 15.1. The average Bonchev–Trinajstić information content (AvgIpc) is 2.72. The molecule has 0 bridgehead atoms. The Hall–Kier alpha value is -1.39. The maximum Gasteiger partial charge on any atom is 0.0958 e. The molecule has 4 nitrogen and oxygen atoms in total. The van der Waals surface area contributed by atoms with Crippen LogP contribution in [-0.2, 0) is 6.54 Å². The lowest BCUT2D eigenvalue weighted by Gasteiger charge is -2.10. The molecule has 0 aliphatic heterocycles. The molecule has 2 aromatic rings. The lowest BCUT2D eigenvalue weighted by atomic mass is 10.3. The van der Waals surface area contributed by atoms with Gasteiger partial charge in [-0.2, -0.15) is 0 Å². The van der Waals surface area contributed by atoms with Gasteiger partial charge in [-0.25, -0.2) is 4.98 Å². The number of hydrogen-bond donors (Lipinski definition) is 1. The van der Waals surface area contributed by atoms with Crippen molar-refractivity contribution in [3.63, 3.8) is 0 Å². The minimum absolute atomic E-state index is 0.966. The summed E-state index contributed by atoms with van der Waals surface area (Å²) in [6, 6.07) is 8.24. The van der Waals surface area contributed by atoms with Crippen molar-refractivity contribution in [3.8, 4) is 0 Å². The third kappa shape index (κ3) is 3.28. The quantitative estimate of drug-likeness (QED) is 0.759. The minimum atomic E-state index is 0.966. The molecule has 0 amide bonds. The van der Waals surface area contributed by atoms with Crippen molar-refractivity contribution >= 4 is 11.0 Å². The van der Waals surface area contributed by atoms with Crippen LogP contribution >= 0.6 is 0 Å². The van der Waals surface area contributed by atoms with Crippen LogP contribution in [0.4, 0.5) is 0 Å². The standard InChI is InChI=1S/C13H20N4/c1-16(2)9-7-14-8-10-17-11-15-12-5-3-4-6-13(12)17/h3-6,11,14H,7-10H2,1-2H3. The van der Waals surface area contributed by atoms with Crippen molar-refractivity contribution in [2.24, 2.45) is 0 Å². The first kappa shape index (κ1) is 12.1. The molecule has 1 aromatic heterocycles. The third-order valence-corrected chi connectivity index (χ3v) is 2.79. The van der Waals surface area contributed by atoms with Gasteiger partial charge in [0.15, 0.2) is 0 Å². The first-order valence-electron chi connectivity index (χ1n) is 6.02. The zero-order valence-corrected chi connectivity index (χ0v) is 10.6. The van der Waals surface area contributed by atoms with Crippen LogP contribution < -0.4 is 5.32 Å². The molecule has 0 aliphatic carbocycles. The van der Waals surface area contributed by atoms with E-state index in [0.717, 1.165) is 31.7 Å². The summed E-state index contributed by atoms with van der Waals surface area (Å²) in [5.41, 5.74) is 2.28. The van der Waals surface area contributed by atoms with Crippen LogP contribution in [0.15, 0.2) is 30.6 Å². The van der Waals surface area contributed by atoms with Gasteiger partial charge in [-0.05, 0) is 26.2 Å². The summed E-state index contributed by atoms with van der Waals surface area (Å²) >= 11 is 0. The summed E-state index contributed by atoms with van der Waals surface area (Å²) in [6.45, 7) is 4.05. The lowest BCUT2D eigenvalue weighted by Crippen LogP contribution is -2.28. The van der Waals surface area contributed by atoms with Gasteiger partial charge in [-0.15, -0.1) is 0 Å². The molecule has 0 radical (unpaired) electrons. The molecular formula is C13H20N4. The molecule has 4 heteroatoms. The fourth-order valence-corrected chi connectivity index (χ4v) is 1.82. The summed E-state index contributed by atoms with van der Waals surface area (Å²) in [6.07, 6.45) is 1.91. The van der Waals surface area contributed by atoms with E-state index in [1.807, 2.05) is 18.5 Å². The summed E-state index contributed by atoms with van der Waals surface area (Å²) in [5.74, 6) is 0. The van der Waals surface area contributed by atoms with Gasteiger partial charge in [0.25, 0.3) is 0 Å². The Morgan fingerprint density at radius 3 is 2.88 bits per heavy atom. The minimum Gasteiger partial charge on any atom is -0.329 e. The first-order valence-corrected chi connectivity index (χ1v) is 6.02. The average molecular weight is 232 g/mol. The molecule has 1 N–H and O–H groups in total. The van der Waals surface area contributed by atoms with Crippen molar-refractivity contribution in [1.82, 2.24) is 19.8 Å². The Bertz CT molecular complexity index is 461. The zero-order valence-electron chi connectivity index (χ0n) is 10.6. The molecule has 1 aromatic carbocycles. The van der Waals surface area contributed by atoms with Gasteiger partial charge in [0, 0.05) is 26.2 Å². The smallest absolute Gasteiger partial charge is 0.0958 e. The SMILES string of the molecule is CN(C)CCNCCn1cnc2ccccc21. The topological polar surface area (TPSA) is 33.1 Å². The molecule has 0 unspecified atom stereocenters. The van der Waals surface area contributed by atoms with E-state index < -0.39 is 0 Å². The van der Waals surface area contributed by atoms with Crippen molar-refractivity contribution in [2.75, 3.05) is 33.7 Å². The molecule has 92 valence electrons. The summed E-state index contributed by atoms with van der Waals surface area (Å²) in [7, 11) is 4.18.